The second-order valence-corrected chi connectivity index (χ2v) is 6.90. The Morgan fingerprint density at radius 1 is 1.14 bits per heavy atom. The molecule has 1 aromatic heterocycles. The van der Waals surface area contributed by atoms with E-state index in [1.807, 2.05) is 49.6 Å². The van der Waals surface area contributed by atoms with E-state index in [2.05, 4.69) is 23.5 Å². The molecule has 0 fully saturated rings. The van der Waals surface area contributed by atoms with Gasteiger partial charge >= 0.3 is 5.97 Å². The normalized spacial score (nSPS) is 11.1. The van der Waals surface area contributed by atoms with Crippen molar-refractivity contribution in [3.63, 3.8) is 0 Å². The number of fused-ring (bicyclic) bond motifs is 1. The summed E-state index contributed by atoms with van der Waals surface area (Å²) >= 11 is 0. The Morgan fingerprint density at radius 3 is 2.54 bits per heavy atom. The first-order valence-electron chi connectivity index (χ1n) is 9.82. The van der Waals surface area contributed by atoms with Gasteiger partial charge in [0.25, 0.3) is 0 Å². The molecular formula is C23H28N2O3. The minimum atomic E-state index is -0.876. The van der Waals surface area contributed by atoms with Gasteiger partial charge in [0.05, 0.1) is 6.61 Å². The molecule has 2 aromatic carbocycles. The Bertz CT molecular complexity index is 958. The van der Waals surface area contributed by atoms with Gasteiger partial charge in [-0.1, -0.05) is 24.3 Å². The number of ether oxygens (including phenoxy) is 1. The molecule has 1 heterocycles. The zero-order chi connectivity index (χ0) is 20.1. The Morgan fingerprint density at radius 2 is 1.89 bits per heavy atom. The number of hydrogen-bond acceptors (Lipinski definition) is 3. The Kier molecular flexibility index (Phi) is 6.37. The maximum absolute atomic E-state index is 11.9. The van der Waals surface area contributed by atoms with Crippen LogP contribution in [0.1, 0.15) is 41.0 Å². The van der Waals surface area contributed by atoms with Crippen LogP contribution in [0.5, 0.6) is 5.75 Å². The number of nitrogens with zero attached hydrogens (tertiary/aromatic N) is 1. The van der Waals surface area contributed by atoms with Crippen LogP contribution in [0.3, 0.4) is 0 Å². The summed E-state index contributed by atoms with van der Waals surface area (Å²) in [6.45, 7) is 8.59. The first-order valence-corrected chi connectivity index (χ1v) is 9.82. The third-order valence-electron chi connectivity index (χ3n) is 4.97. The van der Waals surface area contributed by atoms with Crippen LogP contribution < -0.4 is 10.1 Å². The van der Waals surface area contributed by atoms with Gasteiger partial charge in [-0.2, -0.15) is 0 Å². The third-order valence-corrected chi connectivity index (χ3v) is 4.97. The van der Waals surface area contributed by atoms with Crippen molar-refractivity contribution in [3.8, 4) is 5.75 Å². The Hall–Kier alpha value is -2.79. The number of nitrogens with one attached hydrogen (secondary N) is 1. The highest BCUT2D eigenvalue weighted by atomic mass is 16.5. The second-order valence-electron chi connectivity index (χ2n) is 6.90. The van der Waals surface area contributed by atoms with Gasteiger partial charge in [0.15, 0.2) is 0 Å². The molecule has 3 aromatic rings. The minimum Gasteiger partial charge on any atom is -0.494 e. The van der Waals surface area contributed by atoms with Crippen molar-refractivity contribution in [1.29, 1.82) is 0 Å². The molecule has 5 nitrogen and oxygen atoms in total. The predicted octanol–water partition coefficient (Wildman–Crippen LogP) is 4.40. The van der Waals surface area contributed by atoms with E-state index < -0.39 is 5.97 Å². The van der Waals surface area contributed by atoms with Crippen LogP contribution in [0, 0.1) is 6.92 Å². The summed E-state index contributed by atoms with van der Waals surface area (Å²) in [7, 11) is 0. The van der Waals surface area contributed by atoms with Gasteiger partial charge in [-0.15, -0.1) is 0 Å². The number of carboxylic acid groups (broad SMARTS) is 1. The van der Waals surface area contributed by atoms with E-state index in [1.165, 1.54) is 5.56 Å². The van der Waals surface area contributed by atoms with Gasteiger partial charge in [0.1, 0.15) is 11.4 Å². The minimum absolute atomic E-state index is 0.386. The molecule has 5 heteroatoms. The van der Waals surface area contributed by atoms with Gasteiger partial charge < -0.3 is 19.7 Å². The summed E-state index contributed by atoms with van der Waals surface area (Å²) in [5.74, 6) is 0.00648. The van der Waals surface area contributed by atoms with E-state index in [1.54, 1.807) is 0 Å². The Labute approximate surface area is 165 Å². The van der Waals surface area contributed by atoms with Crippen molar-refractivity contribution in [2.24, 2.45) is 0 Å². The number of carboxylic acids is 1. The smallest absolute Gasteiger partial charge is 0.352 e. The number of aromatic nitrogens is 1. The number of benzene rings is 2. The van der Waals surface area contributed by atoms with Crippen molar-refractivity contribution < 1.29 is 14.6 Å². The molecule has 0 unspecified atom stereocenters. The summed E-state index contributed by atoms with van der Waals surface area (Å²) in [6.07, 6.45) is 0.875. The lowest BCUT2D eigenvalue weighted by molar-refractivity contribution is 0.0684. The lowest BCUT2D eigenvalue weighted by Gasteiger charge is -2.08. The van der Waals surface area contributed by atoms with Gasteiger partial charge in [-0.05, 0) is 63.1 Å². The van der Waals surface area contributed by atoms with Crippen molar-refractivity contribution in [1.82, 2.24) is 9.88 Å². The molecule has 0 spiro atoms. The summed E-state index contributed by atoms with van der Waals surface area (Å²) in [4.78, 5) is 11.9. The van der Waals surface area contributed by atoms with Crippen LogP contribution >= 0.6 is 0 Å². The maximum Gasteiger partial charge on any atom is 0.352 e. The maximum atomic E-state index is 11.9. The van der Waals surface area contributed by atoms with Crippen LogP contribution in [-0.2, 0) is 19.5 Å². The first kappa shape index (κ1) is 20.0. The van der Waals surface area contributed by atoms with Crippen molar-refractivity contribution >= 4 is 16.9 Å². The predicted molar refractivity (Wildman–Crippen MR) is 112 cm³/mol. The quantitative estimate of drug-likeness (QED) is 0.540. The van der Waals surface area contributed by atoms with Crippen LogP contribution in [0.15, 0.2) is 42.5 Å². The third kappa shape index (κ3) is 4.20. The van der Waals surface area contributed by atoms with Crippen molar-refractivity contribution in [2.45, 2.75) is 40.3 Å². The molecule has 0 atom stereocenters. The number of aromatic carboxylic acids is 1. The molecule has 0 aliphatic carbocycles. The van der Waals surface area contributed by atoms with Gasteiger partial charge in [0.2, 0.25) is 0 Å². The SMILES string of the molecule is CCOc1ccc(CCNCc2c(C(=O)O)n(CC)c3cc(C)ccc23)cc1. The lowest BCUT2D eigenvalue weighted by Crippen LogP contribution is -2.19. The van der Waals surface area contributed by atoms with Crippen LogP contribution in [0.25, 0.3) is 10.9 Å². The fourth-order valence-electron chi connectivity index (χ4n) is 3.65. The largest absolute Gasteiger partial charge is 0.494 e. The number of hydrogen-bond donors (Lipinski definition) is 2. The second kappa shape index (κ2) is 8.93. The summed E-state index contributed by atoms with van der Waals surface area (Å²) < 4.78 is 7.37. The molecule has 0 aliphatic heterocycles. The van der Waals surface area contributed by atoms with E-state index in [-0.39, 0.29) is 0 Å². The van der Waals surface area contributed by atoms with E-state index >= 15 is 0 Å². The van der Waals surface area contributed by atoms with E-state index in [9.17, 15) is 9.90 Å². The van der Waals surface area contributed by atoms with E-state index in [0.717, 1.165) is 40.7 Å². The molecule has 28 heavy (non-hydrogen) atoms. The standard InChI is InChI=1S/C23H28N2O3/c1-4-25-21-14-16(3)6-11-19(21)20(22(25)23(26)27)15-24-13-12-17-7-9-18(10-8-17)28-5-2/h6-11,14,24H,4-5,12-13,15H2,1-3H3,(H,26,27). The zero-order valence-electron chi connectivity index (χ0n) is 16.8. The molecule has 0 bridgehead atoms. The highest BCUT2D eigenvalue weighted by molar-refractivity contribution is 5.98. The fourth-order valence-corrected chi connectivity index (χ4v) is 3.65. The monoisotopic (exact) mass is 380 g/mol. The molecule has 0 amide bonds. The van der Waals surface area contributed by atoms with E-state index in [4.69, 9.17) is 4.74 Å². The highest BCUT2D eigenvalue weighted by Crippen LogP contribution is 2.27. The van der Waals surface area contributed by atoms with Gasteiger partial charge in [0, 0.05) is 29.6 Å². The number of rotatable bonds is 9. The molecule has 2 N–H and O–H groups in total. The zero-order valence-corrected chi connectivity index (χ0v) is 16.8. The average Bonchev–Trinajstić information content (AvgIpc) is 2.99. The number of aryl methyl sites for hydroxylation is 2. The van der Waals surface area contributed by atoms with E-state index in [0.29, 0.717) is 25.4 Å². The molecule has 0 saturated carbocycles. The number of carbonyl (C=O) groups is 1. The van der Waals surface area contributed by atoms with Crippen LogP contribution in [0.2, 0.25) is 0 Å². The summed E-state index contributed by atoms with van der Waals surface area (Å²) in [6, 6.07) is 14.2. The Balaban J connectivity index is 1.73. The molecule has 0 saturated heterocycles. The van der Waals surface area contributed by atoms with Gasteiger partial charge in [-0.25, -0.2) is 4.79 Å². The lowest BCUT2D eigenvalue weighted by atomic mass is 10.1. The van der Waals surface area contributed by atoms with Crippen molar-refractivity contribution in [2.75, 3.05) is 13.2 Å². The first-order chi connectivity index (χ1) is 13.5. The molecule has 0 aliphatic rings. The topological polar surface area (TPSA) is 63.5 Å². The summed E-state index contributed by atoms with van der Waals surface area (Å²) in [5, 5.41) is 14.2. The van der Waals surface area contributed by atoms with Crippen LogP contribution in [-0.4, -0.2) is 28.8 Å². The van der Waals surface area contributed by atoms with Crippen LogP contribution in [0.4, 0.5) is 0 Å². The average molecular weight is 380 g/mol. The highest BCUT2D eigenvalue weighted by Gasteiger charge is 2.21. The molecule has 3 rings (SSSR count). The summed E-state index contributed by atoms with van der Waals surface area (Å²) in [5.41, 5.74) is 4.59. The molecule has 0 radical (unpaired) electrons. The van der Waals surface area contributed by atoms with Crippen molar-refractivity contribution in [3.05, 3.63) is 64.8 Å². The molecular weight excluding hydrogens is 352 g/mol. The fraction of sp³-hybridized carbons (Fsp3) is 0.348. The van der Waals surface area contributed by atoms with Gasteiger partial charge in [-0.3, -0.25) is 0 Å². The molecule has 148 valence electrons.